The van der Waals surface area contributed by atoms with E-state index in [2.05, 4.69) is 62.7 Å². The molecule has 1 heterocycles. The maximum atomic E-state index is 5.06. The van der Waals surface area contributed by atoms with Crippen molar-refractivity contribution in [2.45, 2.75) is 19.8 Å². The number of ether oxygens (including phenoxy) is 1. The number of aliphatic imine (C=N–C) groups is 1. The molecule has 0 atom stereocenters. The number of guanidine groups is 1. The van der Waals surface area contributed by atoms with E-state index in [1.165, 1.54) is 18.7 Å². The fourth-order valence-corrected chi connectivity index (χ4v) is 3.12. The van der Waals surface area contributed by atoms with Gasteiger partial charge >= 0.3 is 0 Å². The summed E-state index contributed by atoms with van der Waals surface area (Å²) in [5, 5.41) is 6.55. The fourth-order valence-electron chi connectivity index (χ4n) is 3.12. The normalized spacial score (nSPS) is 15.3. The quantitative estimate of drug-likeness (QED) is 0.229. The van der Waals surface area contributed by atoms with Crippen LogP contribution in [0.5, 0.6) is 0 Å². The molecule has 1 saturated heterocycles. The lowest BCUT2D eigenvalue weighted by atomic mass is 10.2. The first-order valence-corrected chi connectivity index (χ1v) is 9.87. The molecule has 0 bridgehead atoms. The highest BCUT2D eigenvalue weighted by atomic mass is 127. The molecule has 7 heteroatoms. The lowest BCUT2D eigenvalue weighted by molar-refractivity contribution is 0.203. The number of unbranched alkanes of at least 4 members (excludes halogenated alkanes) is 1. The number of nitrogens with one attached hydrogen (secondary N) is 2. The number of hydrogen-bond donors (Lipinski definition) is 2. The maximum absolute atomic E-state index is 5.06. The largest absolute Gasteiger partial charge is 0.383 e. The predicted molar refractivity (Wildman–Crippen MR) is 126 cm³/mol. The third-order valence-electron chi connectivity index (χ3n) is 4.59. The van der Waals surface area contributed by atoms with Crippen LogP contribution in [0.2, 0.25) is 0 Å². The Morgan fingerprint density at radius 2 is 1.81 bits per heavy atom. The van der Waals surface area contributed by atoms with Gasteiger partial charge in [-0.25, -0.2) is 0 Å². The van der Waals surface area contributed by atoms with Gasteiger partial charge in [0.05, 0.1) is 6.61 Å². The van der Waals surface area contributed by atoms with Crippen molar-refractivity contribution in [3.63, 3.8) is 0 Å². The second-order valence-corrected chi connectivity index (χ2v) is 6.55. The van der Waals surface area contributed by atoms with Crippen LogP contribution in [0.3, 0.4) is 0 Å². The number of piperazine rings is 1. The zero-order chi connectivity index (χ0) is 18.5. The molecule has 2 rings (SSSR count). The van der Waals surface area contributed by atoms with Gasteiger partial charge in [-0.15, -0.1) is 24.0 Å². The van der Waals surface area contributed by atoms with E-state index in [0.717, 1.165) is 58.2 Å². The van der Waals surface area contributed by atoms with E-state index in [1.54, 1.807) is 7.11 Å². The van der Waals surface area contributed by atoms with Crippen LogP contribution in [0, 0.1) is 0 Å². The SMILES string of the molecule is CCNC(=NCCCCN1CCN(c2ccccc2)CC1)NCCOC.I. The third kappa shape index (κ3) is 9.62. The fraction of sp³-hybridized carbons (Fsp3) is 0.650. The summed E-state index contributed by atoms with van der Waals surface area (Å²) < 4.78 is 5.06. The Balaban J connectivity index is 0.00000364. The Morgan fingerprint density at radius 3 is 2.48 bits per heavy atom. The highest BCUT2D eigenvalue weighted by molar-refractivity contribution is 14.0. The zero-order valence-corrected chi connectivity index (χ0v) is 19.2. The first kappa shape index (κ1) is 24.0. The van der Waals surface area contributed by atoms with E-state index >= 15 is 0 Å². The van der Waals surface area contributed by atoms with Gasteiger partial charge in [0.25, 0.3) is 0 Å². The van der Waals surface area contributed by atoms with E-state index < -0.39 is 0 Å². The van der Waals surface area contributed by atoms with Crippen molar-refractivity contribution in [3.05, 3.63) is 30.3 Å². The monoisotopic (exact) mass is 489 g/mol. The third-order valence-corrected chi connectivity index (χ3v) is 4.59. The topological polar surface area (TPSA) is 52.1 Å². The molecule has 1 aromatic carbocycles. The van der Waals surface area contributed by atoms with E-state index in [0.29, 0.717) is 6.61 Å². The molecule has 1 fully saturated rings. The van der Waals surface area contributed by atoms with Crippen LogP contribution in [0.1, 0.15) is 19.8 Å². The maximum Gasteiger partial charge on any atom is 0.191 e. The van der Waals surface area contributed by atoms with Crippen molar-refractivity contribution in [1.82, 2.24) is 15.5 Å². The van der Waals surface area contributed by atoms with Gasteiger partial charge in [-0.1, -0.05) is 18.2 Å². The van der Waals surface area contributed by atoms with E-state index in [1.807, 2.05) is 0 Å². The lowest BCUT2D eigenvalue weighted by Gasteiger charge is -2.36. The number of benzene rings is 1. The summed E-state index contributed by atoms with van der Waals surface area (Å²) in [5.74, 6) is 0.890. The van der Waals surface area contributed by atoms with Crippen molar-refractivity contribution < 1.29 is 4.74 Å². The average Bonchev–Trinajstić information content (AvgIpc) is 2.69. The second-order valence-electron chi connectivity index (χ2n) is 6.55. The van der Waals surface area contributed by atoms with Gasteiger partial charge in [0.1, 0.15) is 0 Å². The van der Waals surface area contributed by atoms with E-state index in [-0.39, 0.29) is 24.0 Å². The van der Waals surface area contributed by atoms with Crippen molar-refractivity contribution in [3.8, 4) is 0 Å². The molecule has 1 aliphatic rings. The van der Waals surface area contributed by atoms with Crippen molar-refractivity contribution in [1.29, 1.82) is 0 Å². The Morgan fingerprint density at radius 1 is 1.07 bits per heavy atom. The Hall–Kier alpha value is -1.06. The first-order chi connectivity index (χ1) is 12.8. The van der Waals surface area contributed by atoms with Crippen LogP contribution < -0.4 is 15.5 Å². The van der Waals surface area contributed by atoms with Crippen LogP contribution >= 0.6 is 24.0 Å². The molecule has 1 aromatic rings. The average molecular weight is 489 g/mol. The molecule has 0 aromatic heterocycles. The molecule has 0 radical (unpaired) electrons. The summed E-state index contributed by atoms with van der Waals surface area (Å²) in [6.07, 6.45) is 2.33. The summed E-state index contributed by atoms with van der Waals surface area (Å²) in [5.41, 5.74) is 1.35. The highest BCUT2D eigenvalue weighted by Gasteiger charge is 2.16. The first-order valence-electron chi connectivity index (χ1n) is 9.87. The zero-order valence-electron chi connectivity index (χ0n) is 16.8. The van der Waals surface area contributed by atoms with Gasteiger partial charge < -0.3 is 20.3 Å². The van der Waals surface area contributed by atoms with Crippen LogP contribution in [0.15, 0.2) is 35.3 Å². The van der Waals surface area contributed by atoms with Gasteiger partial charge in [-0.05, 0) is 38.4 Å². The molecular weight excluding hydrogens is 453 g/mol. The van der Waals surface area contributed by atoms with Crippen molar-refractivity contribution in [2.24, 2.45) is 4.99 Å². The van der Waals surface area contributed by atoms with E-state index in [4.69, 9.17) is 4.74 Å². The summed E-state index contributed by atoms with van der Waals surface area (Å²) >= 11 is 0. The van der Waals surface area contributed by atoms with Gasteiger partial charge in [-0.2, -0.15) is 0 Å². The number of methoxy groups -OCH3 is 1. The highest BCUT2D eigenvalue weighted by Crippen LogP contribution is 2.15. The summed E-state index contributed by atoms with van der Waals surface area (Å²) in [6, 6.07) is 10.7. The minimum absolute atomic E-state index is 0. The minimum atomic E-state index is 0. The second kappa shape index (κ2) is 14.9. The number of halogens is 1. The molecule has 2 N–H and O–H groups in total. The number of anilines is 1. The molecule has 0 saturated carbocycles. The Labute approximate surface area is 181 Å². The molecule has 0 spiro atoms. The van der Waals surface area contributed by atoms with E-state index in [9.17, 15) is 0 Å². The molecule has 0 amide bonds. The molecular formula is C20H36IN5O. The number of nitrogens with zero attached hydrogens (tertiary/aromatic N) is 3. The van der Waals surface area contributed by atoms with Crippen LogP contribution in [0.4, 0.5) is 5.69 Å². The van der Waals surface area contributed by atoms with Gasteiger partial charge in [0.15, 0.2) is 5.96 Å². The molecule has 6 nitrogen and oxygen atoms in total. The molecule has 27 heavy (non-hydrogen) atoms. The molecule has 0 unspecified atom stereocenters. The molecule has 0 aliphatic carbocycles. The van der Waals surface area contributed by atoms with Crippen molar-refractivity contribution in [2.75, 3.05) is 71.0 Å². The van der Waals surface area contributed by atoms with Gasteiger partial charge in [0.2, 0.25) is 0 Å². The van der Waals surface area contributed by atoms with Crippen LogP contribution in [0.25, 0.3) is 0 Å². The minimum Gasteiger partial charge on any atom is -0.383 e. The smallest absolute Gasteiger partial charge is 0.191 e. The Kier molecular flexibility index (Phi) is 13.3. The van der Waals surface area contributed by atoms with Crippen molar-refractivity contribution >= 4 is 35.6 Å². The number of para-hydroxylation sites is 1. The molecule has 154 valence electrons. The standard InChI is InChI=1S/C20H35N5O.HI/c1-3-21-20(23-12-18-26-2)22-11-7-8-13-24-14-16-25(17-15-24)19-9-5-4-6-10-19;/h4-6,9-10H,3,7-8,11-18H2,1-2H3,(H2,21,22,23);1H. The summed E-state index contributed by atoms with van der Waals surface area (Å²) in [6.45, 7) is 11.0. The summed E-state index contributed by atoms with van der Waals surface area (Å²) in [7, 11) is 1.71. The lowest BCUT2D eigenvalue weighted by Crippen LogP contribution is -2.46. The number of hydrogen-bond acceptors (Lipinski definition) is 4. The predicted octanol–water partition coefficient (Wildman–Crippen LogP) is 2.41. The van der Waals surface area contributed by atoms with Crippen LogP contribution in [-0.2, 0) is 4.74 Å². The van der Waals surface area contributed by atoms with Gasteiger partial charge in [0, 0.05) is 58.6 Å². The molecule has 1 aliphatic heterocycles. The number of rotatable bonds is 10. The van der Waals surface area contributed by atoms with Crippen LogP contribution in [-0.4, -0.2) is 76.9 Å². The van der Waals surface area contributed by atoms with Gasteiger partial charge in [-0.3, -0.25) is 9.89 Å². The Bertz CT molecular complexity index is 506. The summed E-state index contributed by atoms with van der Waals surface area (Å²) in [4.78, 5) is 9.69.